The normalized spacial score (nSPS) is 11.6. The Labute approximate surface area is 98.1 Å². The van der Waals surface area contributed by atoms with Crippen LogP contribution in [-0.4, -0.2) is 31.3 Å². The van der Waals surface area contributed by atoms with E-state index >= 15 is 0 Å². The lowest BCUT2D eigenvalue weighted by Gasteiger charge is -2.18. The van der Waals surface area contributed by atoms with Crippen LogP contribution >= 0.6 is 0 Å². The van der Waals surface area contributed by atoms with E-state index in [1.54, 1.807) is 13.8 Å². The van der Waals surface area contributed by atoms with Gasteiger partial charge in [-0.2, -0.15) is 0 Å². The van der Waals surface area contributed by atoms with Gasteiger partial charge in [-0.1, -0.05) is 12.1 Å². The Morgan fingerprint density at radius 3 is 2.19 bits per heavy atom. The predicted molar refractivity (Wildman–Crippen MR) is 68.8 cm³/mol. The minimum atomic E-state index is -0.649. The van der Waals surface area contributed by atoms with Crippen molar-refractivity contribution in [1.82, 2.24) is 5.32 Å². The maximum Gasteiger partial charge on any atom is 0.0715 e. The van der Waals surface area contributed by atoms with Gasteiger partial charge in [-0.3, -0.25) is 0 Å². The average Bonchev–Trinajstić information content (AvgIpc) is 2.16. The first-order chi connectivity index (χ1) is 7.38. The molecule has 0 saturated heterocycles. The fourth-order valence-corrected chi connectivity index (χ4v) is 1.42. The number of anilines is 1. The van der Waals surface area contributed by atoms with E-state index in [1.165, 1.54) is 11.3 Å². The summed E-state index contributed by atoms with van der Waals surface area (Å²) in [6.07, 6.45) is 0. The summed E-state index contributed by atoms with van der Waals surface area (Å²) in [5.41, 5.74) is 1.78. The second-order valence-electron chi connectivity index (χ2n) is 4.98. The highest BCUT2D eigenvalue weighted by Gasteiger charge is 2.10. The lowest BCUT2D eigenvalue weighted by atomic mass is 10.1. The van der Waals surface area contributed by atoms with Crippen molar-refractivity contribution in [3.05, 3.63) is 29.8 Å². The van der Waals surface area contributed by atoms with Crippen LogP contribution < -0.4 is 10.2 Å². The van der Waals surface area contributed by atoms with Crippen molar-refractivity contribution < 1.29 is 5.11 Å². The first-order valence-electron chi connectivity index (χ1n) is 5.58. The van der Waals surface area contributed by atoms with Crippen molar-refractivity contribution >= 4 is 5.69 Å². The number of nitrogens with one attached hydrogen (secondary N) is 1. The fraction of sp³-hybridized carbons (Fsp3) is 0.538. The average molecular weight is 222 g/mol. The third-order valence-electron chi connectivity index (χ3n) is 2.34. The van der Waals surface area contributed by atoms with Crippen molar-refractivity contribution in [3.63, 3.8) is 0 Å². The summed E-state index contributed by atoms with van der Waals surface area (Å²) >= 11 is 0. The quantitative estimate of drug-likeness (QED) is 0.794. The summed E-state index contributed by atoms with van der Waals surface area (Å²) in [5, 5.41) is 12.8. The molecule has 3 heteroatoms. The van der Waals surface area contributed by atoms with Crippen LogP contribution in [0.1, 0.15) is 19.4 Å². The monoisotopic (exact) mass is 222 g/mol. The highest BCUT2D eigenvalue weighted by molar-refractivity contribution is 5.45. The lowest BCUT2D eigenvalue weighted by molar-refractivity contribution is 0.0795. The summed E-state index contributed by atoms with van der Waals surface area (Å²) in [6.45, 7) is 4.99. The van der Waals surface area contributed by atoms with Gasteiger partial charge in [-0.05, 0) is 31.5 Å². The van der Waals surface area contributed by atoms with E-state index in [9.17, 15) is 5.11 Å². The fourth-order valence-electron chi connectivity index (χ4n) is 1.42. The largest absolute Gasteiger partial charge is 0.389 e. The molecule has 2 N–H and O–H groups in total. The van der Waals surface area contributed by atoms with E-state index in [4.69, 9.17) is 0 Å². The molecule has 0 aliphatic carbocycles. The van der Waals surface area contributed by atoms with E-state index in [-0.39, 0.29) is 0 Å². The summed E-state index contributed by atoms with van der Waals surface area (Å²) in [5.74, 6) is 0. The molecule has 0 unspecified atom stereocenters. The van der Waals surface area contributed by atoms with E-state index in [0.717, 1.165) is 6.54 Å². The van der Waals surface area contributed by atoms with E-state index in [1.807, 2.05) is 14.1 Å². The van der Waals surface area contributed by atoms with Crippen molar-refractivity contribution in [3.8, 4) is 0 Å². The number of hydrogen-bond acceptors (Lipinski definition) is 3. The molecule has 0 bridgehead atoms. The maximum absolute atomic E-state index is 9.54. The summed E-state index contributed by atoms with van der Waals surface area (Å²) in [6, 6.07) is 8.40. The van der Waals surface area contributed by atoms with E-state index in [0.29, 0.717) is 6.54 Å². The summed E-state index contributed by atoms with van der Waals surface area (Å²) in [7, 11) is 4.06. The molecule has 16 heavy (non-hydrogen) atoms. The molecule has 1 rings (SSSR count). The van der Waals surface area contributed by atoms with Gasteiger partial charge in [0, 0.05) is 32.9 Å². The Morgan fingerprint density at radius 2 is 1.75 bits per heavy atom. The molecule has 0 aliphatic rings. The zero-order chi connectivity index (χ0) is 12.2. The molecule has 0 aliphatic heterocycles. The first kappa shape index (κ1) is 13.0. The zero-order valence-corrected chi connectivity index (χ0v) is 10.6. The minimum absolute atomic E-state index is 0.600. The highest BCUT2D eigenvalue weighted by atomic mass is 16.3. The number of rotatable bonds is 5. The molecule has 0 heterocycles. The topological polar surface area (TPSA) is 35.5 Å². The van der Waals surface area contributed by atoms with E-state index in [2.05, 4.69) is 34.5 Å². The minimum Gasteiger partial charge on any atom is -0.389 e. The van der Waals surface area contributed by atoms with Crippen LogP contribution in [0.25, 0.3) is 0 Å². The van der Waals surface area contributed by atoms with Crippen LogP contribution in [-0.2, 0) is 6.54 Å². The third-order valence-corrected chi connectivity index (χ3v) is 2.34. The van der Waals surface area contributed by atoms with Gasteiger partial charge < -0.3 is 15.3 Å². The van der Waals surface area contributed by atoms with Gasteiger partial charge >= 0.3 is 0 Å². The first-order valence-corrected chi connectivity index (χ1v) is 5.58. The molecule has 1 aromatic carbocycles. The molecule has 0 radical (unpaired) electrons. The summed E-state index contributed by atoms with van der Waals surface area (Å²) in [4.78, 5) is 2.08. The highest BCUT2D eigenvalue weighted by Crippen LogP contribution is 2.12. The van der Waals surface area contributed by atoms with Crippen molar-refractivity contribution in [1.29, 1.82) is 0 Å². The molecule has 0 spiro atoms. The number of benzene rings is 1. The standard InChI is InChI=1S/C13H22N2O/c1-13(2,16)10-14-9-11-5-7-12(8-6-11)15(3)4/h5-8,14,16H,9-10H2,1-4H3. The van der Waals surface area contributed by atoms with Gasteiger partial charge in [0.25, 0.3) is 0 Å². The Morgan fingerprint density at radius 1 is 1.19 bits per heavy atom. The lowest BCUT2D eigenvalue weighted by Crippen LogP contribution is -2.34. The van der Waals surface area contributed by atoms with Crippen molar-refractivity contribution in [2.24, 2.45) is 0 Å². The molecule has 3 nitrogen and oxygen atoms in total. The predicted octanol–water partition coefficient (Wildman–Crippen LogP) is 1.61. The van der Waals surface area contributed by atoms with Gasteiger partial charge in [-0.15, -0.1) is 0 Å². The molecule has 0 atom stereocenters. The maximum atomic E-state index is 9.54. The second-order valence-corrected chi connectivity index (χ2v) is 4.98. The summed E-state index contributed by atoms with van der Waals surface area (Å²) < 4.78 is 0. The smallest absolute Gasteiger partial charge is 0.0715 e. The molecule has 0 aromatic heterocycles. The Hall–Kier alpha value is -1.06. The third kappa shape index (κ3) is 4.64. The Balaban J connectivity index is 2.44. The SMILES string of the molecule is CN(C)c1ccc(CNCC(C)(C)O)cc1. The molecule has 0 saturated carbocycles. The molecular formula is C13H22N2O. The van der Waals surface area contributed by atoms with Crippen LogP contribution in [0.15, 0.2) is 24.3 Å². The molecule has 0 fully saturated rings. The second kappa shape index (κ2) is 5.32. The Bertz CT molecular complexity index is 312. The Kier molecular flexibility index (Phi) is 4.33. The van der Waals surface area contributed by atoms with Crippen LogP contribution in [0.2, 0.25) is 0 Å². The van der Waals surface area contributed by atoms with Gasteiger partial charge in [0.15, 0.2) is 0 Å². The van der Waals surface area contributed by atoms with Crippen LogP contribution in [0.4, 0.5) is 5.69 Å². The van der Waals surface area contributed by atoms with Crippen molar-refractivity contribution in [2.45, 2.75) is 26.0 Å². The number of aliphatic hydroxyl groups is 1. The van der Waals surface area contributed by atoms with Crippen molar-refractivity contribution in [2.75, 3.05) is 25.5 Å². The van der Waals surface area contributed by atoms with E-state index < -0.39 is 5.60 Å². The van der Waals surface area contributed by atoms with Gasteiger partial charge in [-0.25, -0.2) is 0 Å². The van der Waals surface area contributed by atoms with Crippen LogP contribution in [0.5, 0.6) is 0 Å². The van der Waals surface area contributed by atoms with Gasteiger partial charge in [0.05, 0.1) is 5.60 Å². The van der Waals surface area contributed by atoms with Crippen LogP contribution in [0.3, 0.4) is 0 Å². The van der Waals surface area contributed by atoms with Crippen LogP contribution in [0, 0.1) is 0 Å². The molecule has 0 amide bonds. The van der Waals surface area contributed by atoms with Gasteiger partial charge in [0.2, 0.25) is 0 Å². The molecular weight excluding hydrogens is 200 g/mol. The zero-order valence-electron chi connectivity index (χ0n) is 10.6. The molecule has 1 aromatic rings. The molecule has 90 valence electrons. The van der Waals surface area contributed by atoms with Gasteiger partial charge in [0.1, 0.15) is 0 Å². The number of hydrogen-bond donors (Lipinski definition) is 2. The number of nitrogens with zero attached hydrogens (tertiary/aromatic N) is 1.